The highest BCUT2D eigenvalue weighted by Crippen LogP contribution is 2.44. The first-order chi connectivity index (χ1) is 15.9. The molecule has 2 aromatic carbocycles. The topological polar surface area (TPSA) is 114 Å². The summed E-state index contributed by atoms with van der Waals surface area (Å²) in [6.07, 6.45) is -0.478. The second-order valence-electron chi connectivity index (χ2n) is 8.32. The maximum atomic E-state index is 12.5. The summed E-state index contributed by atoms with van der Waals surface area (Å²) in [5, 5.41) is 14.0. The molecule has 8 heteroatoms. The van der Waals surface area contributed by atoms with Gasteiger partial charge >= 0.3 is 12.1 Å². The lowest BCUT2D eigenvalue weighted by Gasteiger charge is -2.22. The van der Waals surface area contributed by atoms with Gasteiger partial charge < -0.3 is 25.2 Å². The van der Waals surface area contributed by atoms with Crippen LogP contribution in [0.5, 0.6) is 0 Å². The summed E-state index contributed by atoms with van der Waals surface area (Å²) in [6.45, 7) is 3.92. The summed E-state index contributed by atoms with van der Waals surface area (Å²) in [7, 11) is 0. The Morgan fingerprint density at radius 2 is 1.61 bits per heavy atom. The van der Waals surface area contributed by atoms with Gasteiger partial charge in [0.15, 0.2) is 0 Å². The van der Waals surface area contributed by atoms with Crippen LogP contribution < -0.4 is 10.6 Å². The Balaban J connectivity index is 1.50. The molecule has 0 fully saturated rings. The van der Waals surface area contributed by atoms with Crippen LogP contribution in [-0.4, -0.2) is 55.5 Å². The van der Waals surface area contributed by atoms with E-state index in [2.05, 4.69) is 34.9 Å². The van der Waals surface area contributed by atoms with Crippen molar-refractivity contribution in [2.75, 3.05) is 26.4 Å². The van der Waals surface area contributed by atoms with E-state index in [1.807, 2.05) is 38.1 Å². The van der Waals surface area contributed by atoms with E-state index in [0.29, 0.717) is 0 Å². The van der Waals surface area contributed by atoms with E-state index in [4.69, 9.17) is 14.6 Å². The van der Waals surface area contributed by atoms with E-state index in [1.165, 1.54) is 0 Å². The van der Waals surface area contributed by atoms with Crippen LogP contribution in [0.15, 0.2) is 48.5 Å². The Kier molecular flexibility index (Phi) is 8.43. The zero-order chi connectivity index (χ0) is 23.8. The fraction of sp³-hybridized carbons (Fsp3) is 0.400. The summed E-state index contributed by atoms with van der Waals surface area (Å²) >= 11 is 0. The first-order valence-corrected chi connectivity index (χ1v) is 11.0. The highest BCUT2D eigenvalue weighted by atomic mass is 16.5. The largest absolute Gasteiger partial charge is 0.480 e. The number of amides is 2. The zero-order valence-electron chi connectivity index (χ0n) is 18.9. The van der Waals surface area contributed by atoms with Crippen LogP contribution in [0.25, 0.3) is 11.1 Å². The number of aliphatic carboxylic acids is 1. The minimum absolute atomic E-state index is 0.0134. The van der Waals surface area contributed by atoms with Crippen LogP contribution in [0.1, 0.15) is 37.3 Å². The molecule has 3 rings (SSSR count). The quantitative estimate of drug-likeness (QED) is 0.450. The molecule has 0 spiro atoms. The van der Waals surface area contributed by atoms with Crippen LogP contribution in [0.2, 0.25) is 0 Å². The van der Waals surface area contributed by atoms with Gasteiger partial charge in [-0.3, -0.25) is 4.79 Å². The minimum atomic E-state index is -1.06. The molecule has 0 bridgehead atoms. The monoisotopic (exact) mass is 454 g/mol. The molecule has 8 nitrogen and oxygen atoms in total. The summed E-state index contributed by atoms with van der Waals surface area (Å²) in [5.41, 5.74) is 4.59. The molecule has 0 saturated carbocycles. The molecule has 0 radical (unpaired) electrons. The number of alkyl carbamates (subject to hydrolysis) is 1. The molecule has 2 aromatic rings. The van der Waals surface area contributed by atoms with Crippen LogP contribution in [-0.2, 0) is 19.1 Å². The predicted molar refractivity (Wildman–Crippen MR) is 123 cm³/mol. The van der Waals surface area contributed by atoms with Gasteiger partial charge in [0.25, 0.3) is 0 Å². The summed E-state index contributed by atoms with van der Waals surface area (Å²) in [4.78, 5) is 35.2. The molecule has 3 N–H and O–H groups in total. The number of ether oxygens (including phenoxy) is 2. The molecular weight excluding hydrogens is 424 g/mol. The van der Waals surface area contributed by atoms with Crippen molar-refractivity contribution in [2.45, 2.75) is 32.2 Å². The van der Waals surface area contributed by atoms with Crippen LogP contribution >= 0.6 is 0 Å². The highest BCUT2D eigenvalue weighted by molar-refractivity contribution is 5.79. The van der Waals surface area contributed by atoms with Crippen molar-refractivity contribution in [3.8, 4) is 11.1 Å². The molecule has 0 saturated heterocycles. The number of carbonyl (C=O) groups is 3. The average molecular weight is 455 g/mol. The number of fused-ring (bicyclic) bond motifs is 3. The Labute approximate surface area is 193 Å². The van der Waals surface area contributed by atoms with E-state index < -0.39 is 24.7 Å². The molecule has 0 aliphatic heterocycles. The fourth-order valence-electron chi connectivity index (χ4n) is 3.94. The molecule has 176 valence electrons. The SMILES string of the molecule is CC(C)C(CC(=O)NCCOCC(=O)O)NC(=O)OCC1c2ccccc2-c2ccccc21. The van der Waals surface area contributed by atoms with Gasteiger partial charge in [-0.05, 0) is 28.2 Å². The molecule has 1 unspecified atom stereocenters. The normalized spacial score (nSPS) is 13.2. The number of carboxylic acid groups (broad SMARTS) is 1. The summed E-state index contributed by atoms with van der Waals surface area (Å²) in [5.74, 6) is -1.34. The maximum absolute atomic E-state index is 12.5. The molecule has 33 heavy (non-hydrogen) atoms. The van der Waals surface area contributed by atoms with Crippen LogP contribution in [0.4, 0.5) is 4.79 Å². The molecule has 1 aliphatic carbocycles. The van der Waals surface area contributed by atoms with Gasteiger partial charge in [0.05, 0.1) is 6.61 Å². The van der Waals surface area contributed by atoms with Crippen molar-refractivity contribution >= 4 is 18.0 Å². The van der Waals surface area contributed by atoms with Gasteiger partial charge in [-0.15, -0.1) is 0 Å². The first kappa shape index (κ1) is 24.3. The van der Waals surface area contributed by atoms with Crippen LogP contribution in [0, 0.1) is 5.92 Å². The Bertz CT molecular complexity index is 945. The van der Waals surface area contributed by atoms with Crippen molar-refractivity contribution in [2.24, 2.45) is 5.92 Å². The molecule has 1 aliphatic rings. The molecule has 1 atom stereocenters. The van der Waals surface area contributed by atoms with Gasteiger partial charge in [0.1, 0.15) is 13.2 Å². The molecule has 2 amide bonds. The molecule has 0 heterocycles. The van der Waals surface area contributed by atoms with Gasteiger partial charge in [-0.25, -0.2) is 9.59 Å². The number of carboxylic acids is 1. The van der Waals surface area contributed by atoms with E-state index in [1.54, 1.807) is 0 Å². The lowest BCUT2D eigenvalue weighted by molar-refractivity contribution is -0.142. The zero-order valence-corrected chi connectivity index (χ0v) is 18.9. The predicted octanol–water partition coefficient (Wildman–Crippen LogP) is 3.16. The third-order valence-electron chi connectivity index (χ3n) is 5.65. The van der Waals surface area contributed by atoms with Crippen molar-refractivity contribution in [3.05, 3.63) is 59.7 Å². The average Bonchev–Trinajstić information content (AvgIpc) is 3.10. The second-order valence-corrected chi connectivity index (χ2v) is 8.32. The smallest absolute Gasteiger partial charge is 0.407 e. The van der Waals surface area contributed by atoms with Crippen LogP contribution in [0.3, 0.4) is 0 Å². The number of carbonyl (C=O) groups excluding carboxylic acids is 2. The highest BCUT2D eigenvalue weighted by Gasteiger charge is 2.29. The van der Waals surface area contributed by atoms with Gasteiger partial charge in [0, 0.05) is 24.9 Å². The van der Waals surface area contributed by atoms with E-state index >= 15 is 0 Å². The van der Waals surface area contributed by atoms with E-state index in [9.17, 15) is 14.4 Å². The first-order valence-electron chi connectivity index (χ1n) is 11.0. The van der Waals surface area contributed by atoms with Gasteiger partial charge in [-0.2, -0.15) is 0 Å². The van der Waals surface area contributed by atoms with Gasteiger partial charge in [-0.1, -0.05) is 62.4 Å². The van der Waals surface area contributed by atoms with Gasteiger partial charge in [0.2, 0.25) is 5.91 Å². The third kappa shape index (κ3) is 6.55. The second kappa shape index (κ2) is 11.5. The van der Waals surface area contributed by atoms with E-state index in [-0.39, 0.29) is 43.9 Å². The maximum Gasteiger partial charge on any atom is 0.407 e. The third-order valence-corrected chi connectivity index (χ3v) is 5.65. The Morgan fingerprint density at radius 1 is 1.00 bits per heavy atom. The van der Waals surface area contributed by atoms with Crippen molar-refractivity contribution < 1.29 is 29.0 Å². The van der Waals surface area contributed by atoms with Crippen molar-refractivity contribution in [3.63, 3.8) is 0 Å². The van der Waals surface area contributed by atoms with Crippen molar-refractivity contribution in [1.29, 1.82) is 0 Å². The standard InChI is InChI=1S/C25H30N2O6/c1-16(2)22(13-23(28)26-11-12-32-15-24(29)30)27-25(31)33-14-21-19-9-5-3-7-17(19)18-8-4-6-10-20(18)21/h3-10,16,21-22H,11-15H2,1-2H3,(H,26,28)(H,27,31)(H,29,30). The van der Waals surface area contributed by atoms with E-state index in [0.717, 1.165) is 22.3 Å². The number of benzene rings is 2. The number of rotatable bonds is 11. The van der Waals surface area contributed by atoms with Crippen molar-refractivity contribution in [1.82, 2.24) is 10.6 Å². The molecule has 0 aromatic heterocycles. The number of nitrogens with one attached hydrogen (secondary N) is 2. The summed E-state index contributed by atoms with van der Waals surface area (Å²) < 4.78 is 10.5. The number of hydrogen-bond donors (Lipinski definition) is 3. The lowest BCUT2D eigenvalue weighted by Crippen LogP contribution is -2.43. The Morgan fingerprint density at radius 3 is 2.18 bits per heavy atom. The lowest BCUT2D eigenvalue weighted by atomic mass is 9.98. The molecular formula is C25H30N2O6. The summed E-state index contributed by atoms with van der Waals surface area (Å²) in [6, 6.07) is 15.8. The number of hydrogen-bond acceptors (Lipinski definition) is 5. The Hall–Kier alpha value is -3.39. The minimum Gasteiger partial charge on any atom is -0.480 e. The fourth-order valence-corrected chi connectivity index (χ4v) is 3.94.